The van der Waals surface area contributed by atoms with Crippen molar-refractivity contribution in [3.05, 3.63) is 54.2 Å². The van der Waals surface area contributed by atoms with Crippen molar-refractivity contribution in [2.75, 3.05) is 24.4 Å². The number of aryl methyl sites for hydroxylation is 1. The summed E-state index contributed by atoms with van der Waals surface area (Å²) < 4.78 is 12.4. The predicted molar refractivity (Wildman–Crippen MR) is 122 cm³/mol. The van der Waals surface area contributed by atoms with Crippen LogP contribution in [-0.4, -0.2) is 35.3 Å². The van der Waals surface area contributed by atoms with Crippen LogP contribution in [0.3, 0.4) is 0 Å². The Morgan fingerprint density at radius 2 is 1.91 bits per heavy atom. The van der Waals surface area contributed by atoms with Crippen LogP contribution < -0.4 is 20.1 Å². The fraction of sp³-hybridized carbons (Fsp3) is 0.292. The Morgan fingerprint density at radius 3 is 2.59 bits per heavy atom. The summed E-state index contributed by atoms with van der Waals surface area (Å²) in [5, 5.41) is 10.4. The lowest BCUT2D eigenvalue weighted by atomic mass is 10.0. The van der Waals surface area contributed by atoms with Crippen molar-refractivity contribution < 1.29 is 19.1 Å². The fourth-order valence-electron chi connectivity index (χ4n) is 3.85. The van der Waals surface area contributed by atoms with Gasteiger partial charge in [-0.3, -0.25) is 9.59 Å². The number of hydrogen-bond donors (Lipinski definition) is 2. The number of ether oxygens (including phenoxy) is 2. The molecule has 3 aromatic rings. The summed E-state index contributed by atoms with van der Waals surface area (Å²) in [6.45, 7) is 4.38. The predicted octanol–water partition coefficient (Wildman–Crippen LogP) is 4.04. The lowest BCUT2D eigenvalue weighted by Gasteiger charge is -2.13. The molecule has 2 heterocycles. The van der Waals surface area contributed by atoms with Crippen LogP contribution in [0.2, 0.25) is 0 Å². The Labute approximate surface area is 186 Å². The quantitative estimate of drug-likeness (QED) is 0.558. The van der Waals surface area contributed by atoms with Gasteiger partial charge in [-0.1, -0.05) is 31.2 Å². The van der Waals surface area contributed by atoms with Crippen molar-refractivity contribution in [1.82, 2.24) is 9.78 Å². The minimum absolute atomic E-state index is 0.0355. The van der Waals surface area contributed by atoms with Gasteiger partial charge in [-0.2, -0.15) is 5.10 Å². The van der Waals surface area contributed by atoms with E-state index >= 15 is 0 Å². The van der Waals surface area contributed by atoms with Crippen LogP contribution in [0.1, 0.15) is 32.0 Å². The zero-order valence-corrected chi connectivity index (χ0v) is 18.3. The van der Waals surface area contributed by atoms with Gasteiger partial charge in [0.05, 0.1) is 31.5 Å². The highest BCUT2D eigenvalue weighted by Crippen LogP contribution is 2.39. The zero-order valence-electron chi connectivity index (χ0n) is 18.3. The summed E-state index contributed by atoms with van der Waals surface area (Å²) in [5.74, 6) is 1.42. The third kappa shape index (κ3) is 4.03. The summed E-state index contributed by atoms with van der Waals surface area (Å²) in [7, 11) is 1.62. The Kier molecular flexibility index (Phi) is 6.11. The third-order valence-corrected chi connectivity index (χ3v) is 5.38. The molecule has 1 aromatic heterocycles. The van der Waals surface area contributed by atoms with Crippen LogP contribution >= 0.6 is 0 Å². The number of benzene rings is 2. The van der Waals surface area contributed by atoms with Gasteiger partial charge in [-0.25, -0.2) is 4.68 Å². The van der Waals surface area contributed by atoms with Crippen LogP contribution in [0.15, 0.2) is 48.5 Å². The Bertz CT molecular complexity index is 1140. The molecule has 2 N–H and O–H groups in total. The molecule has 0 fully saturated rings. The number of carbonyl (C=O) groups excluding carboxylic acids is 2. The number of carbonyl (C=O) groups is 2. The van der Waals surface area contributed by atoms with Crippen molar-refractivity contribution in [3.63, 3.8) is 0 Å². The van der Waals surface area contributed by atoms with Crippen LogP contribution in [0.5, 0.6) is 11.5 Å². The molecule has 2 aromatic carbocycles. The lowest BCUT2D eigenvalue weighted by Crippen LogP contribution is -2.24. The molecule has 8 nitrogen and oxygen atoms in total. The minimum Gasteiger partial charge on any atom is -0.497 e. The molecular formula is C24H26N4O4. The molecule has 1 atom stereocenters. The highest BCUT2D eigenvalue weighted by molar-refractivity contribution is 6.04. The summed E-state index contributed by atoms with van der Waals surface area (Å²) in [6, 6.07) is 14.1. The molecular weight excluding hydrogens is 408 g/mol. The van der Waals surface area contributed by atoms with Crippen LogP contribution in [0, 0.1) is 0 Å². The highest BCUT2D eigenvalue weighted by Gasteiger charge is 2.36. The topological polar surface area (TPSA) is 94.5 Å². The number of methoxy groups -OCH3 is 1. The SMILES string of the molecule is CCOc1ccccc1NC(=O)CC1C(=O)Nc2c(-c3ccc(OC)cc3)c(CC)nn21. The van der Waals surface area contributed by atoms with Gasteiger partial charge < -0.3 is 20.1 Å². The van der Waals surface area contributed by atoms with Gasteiger partial charge in [0.1, 0.15) is 23.4 Å². The fourth-order valence-corrected chi connectivity index (χ4v) is 3.85. The molecule has 0 saturated heterocycles. The number of para-hydroxylation sites is 2. The number of hydrogen-bond acceptors (Lipinski definition) is 5. The number of anilines is 2. The maximum absolute atomic E-state index is 12.8. The summed E-state index contributed by atoms with van der Waals surface area (Å²) in [4.78, 5) is 25.5. The molecule has 4 rings (SSSR count). The van der Waals surface area contributed by atoms with Gasteiger partial charge in [-0.05, 0) is 43.2 Å². The van der Waals surface area contributed by atoms with E-state index < -0.39 is 6.04 Å². The number of rotatable bonds is 8. The smallest absolute Gasteiger partial charge is 0.251 e. The van der Waals surface area contributed by atoms with E-state index in [4.69, 9.17) is 9.47 Å². The van der Waals surface area contributed by atoms with Gasteiger partial charge in [0.25, 0.3) is 5.91 Å². The molecule has 1 aliphatic heterocycles. The summed E-state index contributed by atoms with van der Waals surface area (Å²) in [6.07, 6.45) is 0.657. The monoisotopic (exact) mass is 434 g/mol. The van der Waals surface area contributed by atoms with E-state index in [9.17, 15) is 9.59 Å². The Morgan fingerprint density at radius 1 is 1.16 bits per heavy atom. The number of amides is 2. The molecule has 0 aliphatic carbocycles. The first-order chi connectivity index (χ1) is 15.5. The first kappa shape index (κ1) is 21.4. The maximum Gasteiger partial charge on any atom is 0.251 e. The van der Waals surface area contributed by atoms with E-state index in [1.54, 1.807) is 23.9 Å². The van der Waals surface area contributed by atoms with Gasteiger partial charge in [0.2, 0.25) is 5.91 Å². The van der Waals surface area contributed by atoms with E-state index in [0.717, 1.165) is 22.6 Å². The van der Waals surface area contributed by atoms with Gasteiger partial charge in [0, 0.05) is 5.56 Å². The lowest BCUT2D eigenvalue weighted by molar-refractivity contribution is -0.123. The second-order valence-electron chi connectivity index (χ2n) is 7.38. The largest absolute Gasteiger partial charge is 0.497 e. The third-order valence-electron chi connectivity index (χ3n) is 5.38. The standard InChI is InChI=1S/C24H26N4O4/c1-4-17-22(15-10-12-16(31-3)13-11-15)23-26-24(30)19(28(23)27-17)14-21(29)25-18-8-6-7-9-20(18)32-5-2/h6-13,19H,4-5,14H2,1-3H3,(H,25,29)(H,26,30). The first-order valence-corrected chi connectivity index (χ1v) is 10.6. The first-order valence-electron chi connectivity index (χ1n) is 10.6. The van der Waals surface area contributed by atoms with E-state index in [-0.39, 0.29) is 18.2 Å². The minimum atomic E-state index is -0.721. The Balaban J connectivity index is 1.59. The molecule has 8 heteroatoms. The second kappa shape index (κ2) is 9.13. The summed E-state index contributed by atoms with van der Waals surface area (Å²) in [5.41, 5.74) is 3.23. The zero-order chi connectivity index (χ0) is 22.7. The van der Waals surface area contributed by atoms with E-state index in [0.29, 0.717) is 30.3 Å². The van der Waals surface area contributed by atoms with Crippen molar-refractivity contribution in [1.29, 1.82) is 0 Å². The average Bonchev–Trinajstić information content (AvgIpc) is 3.30. The van der Waals surface area contributed by atoms with Crippen molar-refractivity contribution >= 4 is 23.3 Å². The number of fused-ring (bicyclic) bond motifs is 1. The van der Waals surface area contributed by atoms with Crippen LogP contribution in [0.4, 0.5) is 11.5 Å². The molecule has 0 bridgehead atoms. The van der Waals surface area contributed by atoms with Crippen LogP contribution in [-0.2, 0) is 16.0 Å². The average molecular weight is 434 g/mol. The van der Waals surface area contributed by atoms with Crippen molar-refractivity contribution in [3.8, 4) is 22.6 Å². The molecule has 2 amide bonds. The second-order valence-corrected chi connectivity index (χ2v) is 7.38. The molecule has 0 radical (unpaired) electrons. The molecule has 0 spiro atoms. The van der Waals surface area contributed by atoms with Gasteiger partial charge in [0.15, 0.2) is 0 Å². The number of nitrogens with zero attached hydrogens (tertiary/aromatic N) is 2. The van der Waals surface area contributed by atoms with Crippen molar-refractivity contribution in [2.45, 2.75) is 32.7 Å². The van der Waals surface area contributed by atoms with E-state index in [1.165, 1.54) is 0 Å². The molecule has 166 valence electrons. The molecule has 0 saturated carbocycles. The Hall–Kier alpha value is -3.81. The molecule has 1 unspecified atom stereocenters. The van der Waals surface area contributed by atoms with E-state index in [1.807, 2.05) is 50.2 Å². The number of aromatic nitrogens is 2. The van der Waals surface area contributed by atoms with Crippen LogP contribution in [0.25, 0.3) is 11.1 Å². The normalized spacial score (nSPS) is 14.6. The van der Waals surface area contributed by atoms with Crippen molar-refractivity contribution in [2.24, 2.45) is 0 Å². The highest BCUT2D eigenvalue weighted by atomic mass is 16.5. The number of nitrogens with one attached hydrogen (secondary N) is 2. The maximum atomic E-state index is 12.8. The molecule has 32 heavy (non-hydrogen) atoms. The van der Waals surface area contributed by atoms with Gasteiger partial charge >= 0.3 is 0 Å². The molecule has 1 aliphatic rings. The van der Waals surface area contributed by atoms with E-state index in [2.05, 4.69) is 15.7 Å². The summed E-state index contributed by atoms with van der Waals surface area (Å²) >= 11 is 0. The van der Waals surface area contributed by atoms with Gasteiger partial charge in [-0.15, -0.1) is 0 Å².